The lowest BCUT2D eigenvalue weighted by Gasteiger charge is -2.03. The molecule has 4 rings (SSSR count). The molecule has 0 atom stereocenters. The van der Waals surface area contributed by atoms with Crippen LogP contribution in [0.3, 0.4) is 0 Å². The zero-order valence-electron chi connectivity index (χ0n) is 13.7. The molecule has 0 spiro atoms. The van der Waals surface area contributed by atoms with Gasteiger partial charge >= 0.3 is 0 Å². The Morgan fingerprint density at radius 1 is 1.04 bits per heavy atom. The van der Waals surface area contributed by atoms with Gasteiger partial charge in [0.1, 0.15) is 11.0 Å². The van der Waals surface area contributed by atoms with Gasteiger partial charge in [-0.25, -0.2) is 4.98 Å². The number of thiazole rings is 1. The van der Waals surface area contributed by atoms with Crippen LogP contribution in [0, 0.1) is 13.8 Å². The number of hydrogen-bond acceptors (Lipinski definition) is 5. The Morgan fingerprint density at radius 2 is 1.88 bits per heavy atom. The number of rotatable bonds is 3. The van der Waals surface area contributed by atoms with Crippen molar-refractivity contribution >= 4 is 33.4 Å². The molecule has 1 amide bonds. The summed E-state index contributed by atoms with van der Waals surface area (Å²) in [5, 5.41) is 15.9. The first kappa shape index (κ1) is 15.5. The van der Waals surface area contributed by atoms with Crippen molar-refractivity contribution < 1.29 is 4.79 Å². The molecule has 0 saturated carbocycles. The van der Waals surface area contributed by atoms with E-state index in [0.29, 0.717) is 16.2 Å². The molecule has 0 fully saturated rings. The van der Waals surface area contributed by atoms with Crippen molar-refractivity contribution in [3.05, 3.63) is 58.5 Å². The molecule has 2 heterocycles. The van der Waals surface area contributed by atoms with E-state index in [2.05, 4.69) is 51.7 Å². The summed E-state index contributed by atoms with van der Waals surface area (Å²) in [5.74, 6) is -0.217. The summed E-state index contributed by atoms with van der Waals surface area (Å²) in [6.07, 6.45) is 0. The summed E-state index contributed by atoms with van der Waals surface area (Å²) in [7, 11) is 0. The minimum atomic E-state index is -0.217. The second-order valence-electron chi connectivity index (χ2n) is 5.82. The average Bonchev–Trinajstić information content (AvgIpc) is 3.25. The molecule has 0 aliphatic rings. The highest BCUT2D eigenvalue weighted by Gasteiger charge is 2.12. The first-order chi connectivity index (χ1) is 12.1. The van der Waals surface area contributed by atoms with E-state index < -0.39 is 0 Å². The highest BCUT2D eigenvalue weighted by molar-refractivity contribution is 7.14. The van der Waals surface area contributed by atoms with Gasteiger partial charge in [0, 0.05) is 16.5 Å². The maximum absolute atomic E-state index is 12.4. The van der Waals surface area contributed by atoms with Crippen LogP contribution in [0.5, 0.6) is 0 Å². The predicted octanol–water partition coefficient (Wildman–Crippen LogP) is 3.95. The van der Waals surface area contributed by atoms with Gasteiger partial charge in [0.2, 0.25) is 0 Å². The molecular formula is C18H15N5OS. The number of hydrogen-bond donors (Lipinski definition) is 2. The number of nitrogens with zero attached hydrogens (tertiary/aromatic N) is 3. The molecule has 124 valence electrons. The number of carbonyl (C=O) groups is 1. The standard InChI is InChI=1S/C18H15N5OS/c1-10-3-4-12(7-11(10)2)16-9-25-18(19-16)20-17(24)13-5-6-14-15(8-13)22-23-21-14/h3-9H,1-2H3,(H,19,20,24)(H,21,22,23). The molecular weight excluding hydrogens is 334 g/mol. The number of aromatic nitrogens is 4. The fourth-order valence-corrected chi connectivity index (χ4v) is 3.23. The molecule has 2 aromatic heterocycles. The highest BCUT2D eigenvalue weighted by atomic mass is 32.1. The van der Waals surface area contributed by atoms with Crippen molar-refractivity contribution in [1.82, 2.24) is 20.4 Å². The van der Waals surface area contributed by atoms with E-state index in [-0.39, 0.29) is 5.91 Å². The number of benzene rings is 2. The molecule has 0 aliphatic carbocycles. The van der Waals surface area contributed by atoms with Crippen molar-refractivity contribution in [2.24, 2.45) is 0 Å². The average molecular weight is 349 g/mol. The van der Waals surface area contributed by atoms with Gasteiger partial charge in [-0.15, -0.1) is 11.3 Å². The summed E-state index contributed by atoms with van der Waals surface area (Å²) >= 11 is 1.41. The predicted molar refractivity (Wildman–Crippen MR) is 98.9 cm³/mol. The number of aromatic amines is 1. The zero-order chi connectivity index (χ0) is 17.4. The molecule has 0 unspecified atom stereocenters. The van der Waals surface area contributed by atoms with Crippen molar-refractivity contribution in [3.8, 4) is 11.3 Å². The summed E-state index contributed by atoms with van der Waals surface area (Å²) in [4.78, 5) is 16.9. The Hall–Kier alpha value is -3.06. The lowest BCUT2D eigenvalue weighted by molar-refractivity contribution is 0.102. The molecule has 6 nitrogen and oxygen atoms in total. The minimum absolute atomic E-state index is 0.217. The summed E-state index contributed by atoms with van der Waals surface area (Å²) in [6, 6.07) is 11.4. The Labute approximate surface area is 147 Å². The monoisotopic (exact) mass is 349 g/mol. The topological polar surface area (TPSA) is 83.6 Å². The van der Waals surface area contributed by atoms with E-state index in [4.69, 9.17) is 0 Å². The van der Waals surface area contributed by atoms with Gasteiger partial charge in [-0.2, -0.15) is 15.4 Å². The van der Waals surface area contributed by atoms with E-state index in [1.54, 1.807) is 18.2 Å². The number of aryl methyl sites for hydroxylation is 2. The molecule has 7 heteroatoms. The van der Waals surface area contributed by atoms with Crippen molar-refractivity contribution in [3.63, 3.8) is 0 Å². The Kier molecular flexibility index (Phi) is 3.77. The first-order valence-corrected chi connectivity index (χ1v) is 8.63. The van der Waals surface area contributed by atoms with Crippen LogP contribution in [0.15, 0.2) is 41.8 Å². The molecule has 2 aromatic carbocycles. The lowest BCUT2D eigenvalue weighted by atomic mass is 10.1. The molecule has 0 saturated heterocycles. The maximum atomic E-state index is 12.4. The fourth-order valence-electron chi connectivity index (χ4n) is 2.52. The van der Waals surface area contributed by atoms with Crippen LogP contribution in [0.25, 0.3) is 22.3 Å². The third-order valence-corrected chi connectivity index (χ3v) is 4.86. The van der Waals surface area contributed by atoms with Crippen molar-refractivity contribution in [2.75, 3.05) is 5.32 Å². The first-order valence-electron chi connectivity index (χ1n) is 7.75. The van der Waals surface area contributed by atoms with Crippen LogP contribution >= 0.6 is 11.3 Å². The Bertz CT molecular complexity index is 1080. The lowest BCUT2D eigenvalue weighted by Crippen LogP contribution is -2.11. The number of H-pyrrole nitrogens is 1. The quantitative estimate of drug-likeness (QED) is 0.586. The van der Waals surface area contributed by atoms with Crippen LogP contribution in [-0.2, 0) is 0 Å². The highest BCUT2D eigenvalue weighted by Crippen LogP contribution is 2.26. The number of anilines is 1. The second-order valence-corrected chi connectivity index (χ2v) is 6.68. The van der Waals surface area contributed by atoms with Crippen LogP contribution in [0.2, 0.25) is 0 Å². The smallest absolute Gasteiger partial charge is 0.257 e. The van der Waals surface area contributed by atoms with E-state index in [1.807, 2.05) is 11.4 Å². The van der Waals surface area contributed by atoms with E-state index in [9.17, 15) is 4.79 Å². The van der Waals surface area contributed by atoms with Gasteiger partial charge in [-0.1, -0.05) is 12.1 Å². The van der Waals surface area contributed by atoms with Crippen LogP contribution in [0.4, 0.5) is 5.13 Å². The van der Waals surface area contributed by atoms with E-state index >= 15 is 0 Å². The maximum Gasteiger partial charge on any atom is 0.257 e. The van der Waals surface area contributed by atoms with Gasteiger partial charge < -0.3 is 0 Å². The van der Waals surface area contributed by atoms with Gasteiger partial charge in [0.25, 0.3) is 5.91 Å². The Morgan fingerprint density at radius 3 is 2.72 bits per heavy atom. The van der Waals surface area contributed by atoms with Gasteiger partial charge in [0.05, 0.1) is 5.69 Å². The van der Waals surface area contributed by atoms with E-state index in [1.165, 1.54) is 22.5 Å². The van der Waals surface area contributed by atoms with Gasteiger partial charge in [-0.3, -0.25) is 10.1 Å². The molecule has 4 aromatic rings. The second kappa shape index (κ2) is 6.10. The number of nitrogens with one attached hydrogen (secondary N) is 2. The minimum Gasteiger partial charge on any atom is -0.298 e. The van der Waals surface area contributed by atoms with Crippen molar-refractivity contribution in [1.29, 1.82) is 0 Å². The Balaban J connectivity index is 1.55. The summed E-state index contributed by atoms with van der Waals surface area (Å²) in [6.45, 7) is 4.16. The van der Waals surface area contributed by atoms with E-state index in [0.717, 1.165) is 16.8 Å². The molecule has 0 radical (unpaired) electrons. The van der Waals surface area contributed by atoms with Gasteiger partial charge in [-0.05, 0) is 49.2 Å². The largest absolute Gasteiger partial charge is 0.298 e. The number of carbonyl (C=O) groups excluding carboxylic acids is 1. The van der Waals surface area contributed by atoms with Crippen LogP contribution in [-0.4, -0.2) is 26.3 Å². The third-order valence-electron chi connectivity index (χ3n) is 4.11. The fraction of sp³-hybridized carbons (Fsp3) is 0.111. The zero-order valence-corrected chi connectivity index (χ0v) is 14.5. The molecule has 0 aliphatic heterocycles. The van der Waals surface area contributed by atoms with Crippen LogP contribution in [0.1, 0.15) is 21.5 Å². The van der Waals surface area contributed by atoms with Gasteiger partial charge in [0.15, 0.2) is 5.13 Å². The summed E-state index contributed by atoms with van der Waals surface area (Å²) in [5.41, 5.74) is 6.27. The third kappa shape index (κ3) is 3.01. The molecule has 25 heavy (non-hydrogen) atoms. The molecule has 2 N–H and O–H groups in total. The normalized spacial score (nSPS) is 11.0. The summed E-state index contributed by atoms with van der Waals surface area (Å²) < 4.78 is 0. The SMILES string of the molecule is Cc1ccc(-c2csc(NC(=O)c3ccc4n[nH]nc4c3)n2)cc1C. The van der Waals surface area contributed by atoms with Crippen LogP contribution < -0.4 is 5.32 Å². The number of fused-ring (bicyclic) bond motifs is 1. The van der Waals surface area contributed by atoms with Crippen molar-refractivity contribution in [2.45, 2.75) is 13.8 Å². The number of amides is 1. The molecule has 0 bridgehead atoms.